The van der Waals surface area contributed by atoms with E-state index in [2.05, 4.69) is 25.7 Å². The minimum Gasteiger partial charge on any atom is -0.512 e. The summed E-state index contributed by atoms with van der Waals surface area (Å²) in [5, 5.41) is 19.3. The Morgan fingerprint density at radius 2 is 1.55 bits per heavy atom. The first-order valence-electron chi connectivity index (χ1n) is 6.60. The van der Waals surface area contributed by atoms with Gasteiger partial charge in [0.1, 0.15) is 5.75 Å². The number of benzene rings is 2. The molecule has 0 radical (unpaired) electrons. The van der Waals surface area contributed by atoms with E-state index in [1.807, 2.05) is 42.5 Å². The van der Waals surface area contributed by atoms with Gasteiger partial charge in [0.05, 0.1) is 8.07 Å². The fourth-order valence-corrected chi connectivity index (χ4v) is 3.62. The van der Waals surface area contributed by atoms with Gasteiger partial charge in [0, 0.05) is 0 Å². The van der Waals surface area contributed by atoms with Crippen molar-refractivity contribution in [1.29, 1.82) is 0 Å². The molecule has 2 aromatic rings. The monoisotopic (exact) mass is 286 g/mol. The summed E-state index contributed by atoms with van der Waals surface area (Å²) in [5.74, 6) is 0.556. The lowest BCUT2D eigenvalue weighted by Gasteiger charge is -2.22. The van der Waals surface area contributed by atoms with E-state index in [-0.39, 0.29) is 0 Å². The van der Waals surface area contributed by atoms with Crippen LogP contribution in [0.25, 0.3) is 11.1 Å². The first-order valence-corrected chi connectivity index (χ1v) is 10.1. The summed E-state index contributed by atoms with van der Waals surface area (Å²) in [4.78, 5) is 0. The van der Waals surface area contributed by atoms with Gasteiger partial charge in [-0.1, -0.05) is 62.1 Å². The van der Waals surface area contributed by atoms with Gasteiger partial charge in [-0.05, 0) is 22.4 Å². The summed E-state index contributed by atoms with van der Waals surface area (Å²) in [6, 6.07) is 15.9. The molecule has 0 atom stereocenters. The summed E-state index contributed by atoms with van der Waals surface area (Å²) in [6.45, 7) is 6.59. The SMILES string of the molecule is C[Si](C)(C)c1ccc(-c2ccccc2)cc1OB(O)O. The summed E-state index contributed by atoms with van der Waals surface area (Å²) in [6.07, 6.45) is 0. The van der Waals surface area contributed by atoms with Crippen molar-refractivity contribution in [3.8, 4) is 16.9 Å². The zero-order valence-corrected chi connectivity index (χ0v) is 13.0. The van der Waals surface area contributed by atoms with Crippen LogP contribution in [0.1, 0.15) is 0 Å². The van der Waals surface area contributed by atoms with Crippen LogP contribution in [0, 0.1) is 0 Å². The summed E-state index contributed by atoms with van der Waals surface area (Å²) in [5.41, 5.74) is 2.08. The largest absolute Gasteiger partial charge is 0.707 e. The maximum absolute atomic E-state index is 9.11. The molecule has 0 aromatic heterocycles. The highest BCUT2D eigenvalue weighted by atomic mass is 28.3. The molecule has 0 amide bonds. The zero-order valence-electron chi connectivity index (χ0n) is 12.0. The Morgan fingerprint density at radius 1 is 0.900 bits per heavy atom. The lowest BCUT2D eigenvalue weighted by atomic mass is 10.1. The molecule has 0 saturated carbocycles. The molecule has 0 bridgehead atoms. The van der Waals surface area contributed by atoms with Crippen LogP contribution in [0.2, 0.25) is 19.6 Å². The molecule has 0 fully saturated rings. The van der Waals surface area contributed by atoms with E-state index in [1.54, 1.807) is 0 Å². The number of rotatable bonds is 4. The van der Waals surface area contributed by atoms with E-state index < -0.39 is 15.4 Å². The Bertz CT molecular complexity index is 579. The van der Waals surface area contributed by atoms with E-state index in [0.717, 1.165) is 16.3 Å². The average molecular weight is 286 g/mol. The Labute approximate surface area is 121 Å². The van der Waals surface area contributed by atoms with Gasteiger partial charge in [-0.25, -0.2) is 0 Å². The predicted octanol–water partition coefficient (Wildman–Crippen LogP) is 2.25. The topological polar surface area (TPSA) is 49.7 Å². The third-order valence-corrected chi connectivity index (χ3v) is 5.16. The smallest absolute Gasteiger partial charge is 0.512 e. The standard InChI is InChI=1S/C15H19BO3Si/c1-20(2,3)15-10-9-13(11-14(15)19-16(17)18)12-7-5-4-6-8-12/h4-11,17-18H,1-3H3. The maximum atomic E-state index is 9.11. The molecule has 0 aliphatic rings. The van der Waals surface area contributed by atoms with Crippen molar-refractivity contribution < 1.29 is 14.7 Å². The van der Waals surface area contributed by atoms with Crippen molar-refractivity contribution in [1.82, 2.24) is 0 Å². The van der Waals surface area contributed by atoms with Crippen LogP contribution in [0.4, 0.5) is 0 Å². The Morgan fingerprint density at radius 3 is 2.10 bits per heavy atom. The van der Waals surface area contributed by atoms with E-state index in [0.29, 0.717) is 5.75 Å². The molecule has 0 aliphatic heterocycles. The molecule has 5 heteroatoms. The summed E-state index contributed by atoms with van der Waals surface area (Å²) >= 11 is 0. The highest BCUT2D eigenvalue weighted by molar-refractivity contribution is 6.89. The van der Waals surface area contributed by atoms with E-state index in [4.69, 9.17) is 14.7 Å². The third kappa shape index (κ3) is 3.51. The molecule has 0 spiro atoms. The van der Waals surface area contributed by atoms with Gasteiger partial charge in [-0.2, -0.15) is 0 Å². The molecule has 0 heterocycles. The van der Waals surface area contributed by atoms with Gasteiger partial charge in [0.2, 0.25) is 0 Å². The van der Waals surface area contributed by atoms with Crippen LogP contribution in [0.3, 0.4) is 0 Å². The Balaban J connectivity index is 2.49. The van der Waals surface area contributed by atoms with Gasteiger partial charge in [-0.15, -0.1) is 0 Å². The van der Waals surface area contributed by atoms with Gasteiger partial charge >= 0.3 is 7.32 Å². The van der Waals surface area contributed by atoms with Crippen molar-refractivity contribution >= 4 is 20.6 Å². The normalized spacial score (nSPS) is 11.2. The Kier molecular flexibility index (Phi) is 4.33. The first kappa shape index (κ1) is 14.8. The highest BCUT2D eigenvalue weighted by Gasteiger charge is 2.24. The van der Waals surface area contributed by atoms with Gasteiger partial charge in [0.25, 0.3) is 0 Å². The lowest BCUT2D eigenvalue weighted by Crippen LogP contribution is -2.40. The van der Waals surface area contributed by atoms with Gasteiger partial charge < -0.3 is 14.7 Å². The second kappa shape index (κ2) is 5.83. The van der Waals surface area contributed by atoms with Crippen LogP contribution in [-0.2, 0) is 0 Å². The first-order chi connectivity index (χ1) is 9.38. The van der Waals surface area contributed by atoms with Crippen molar-refractivity contribution in [2.45, 2.75) is 19.6 Å². The second-order valence-electron chi connectivity index (χ2n) is 5.77. The predicted molar refractivity (Wildman–Crippen MR) is 85.7 cm³/mol. The third-order valence-electron chi connectivity index (χ3n) is 3.13. The molecule has 3 nitrogen and oxygen atoms in total. The molecule has 2 N–H and O–H groups in total. The molecule has 2 aromatic carbocycles. The molecular formula is C15H19BO3Si. The van der Waals surface area contributed by atoms with E-state index in [9.17, 15) is 0 Å². The van der Waals surface area contributed by atoms with Crippen molar-refractivity contribution in [2.24, 2.45) is 0 Å². The van der Waals surface area contributed by atoms with E-state index in [1.165, 1.54) is 0 Å². The molecule has 0 saturated heterocycles. The quantitative estimate of drug-likeness (QED) is 0.848. The molecule has 2 rings (SSSR count). The van der Waals surface area contributed by atoms with Crippen molar-refractivity contribution in [2.75, 3.05) is 0 Å². The summed E-state index contributed by atoms with van der Waals surface area (Å²) in [7, 11) is -3.41. The zero-order chi connectivity index (χ0) is 14.8. The van der Waals surface area contributed by atoms with Gasteiger partial charge in [-0.3, -0.25) is 0 Å². The van der Waals surface area contributed by atoms with Gasteiger partial charge in [0.15, 0.2) is 0 Å². The average Bonchev–Trinajstić information content (AvgIpc) is 2.37. The van der Waals surface area contributed by atoms with Crippen LogP contribution in [-0.4, -0.2) is 25.4 Å². The second-order valence-corrected chi connectivity index (χ2v) is 10.8. The van der Waals surface area contributed by atoms with Crippen LogP contribution in [0.15, 0.2) is 48.5 Å². The minimum atomic E-state index is -1.80. The van der Waals surface area contributed by atoms with Crippen molar-refractivity contribution in [3.63, 3.8) is 0 Å². The molecule has 0 unspecified atom stereocenters. The number of hydrogen-bond acceptors (Lipinski definition) is 3. The van der Waals surface area contributed by atoms with Crippen LogP contribution < -0.4 is 9.84 Å². The maximum Gasteiger partial charge on any atom is 0.707 e. The van der Waals surface area contributed by atoms with Crippen molar-refractivity contribution in [3.05, 3.63) is 48.5 Å². The van der Waals surface area contributed by atoms with E-state index >= 15 is 0 Å². The lowest BCUT2D eigenvalue weighted by molar-refractivity contribution is 0.289. The molecular weight excluding hydrogens is 267 g/mol. The fraction of sp³-hybridized carbons (Fsp3) is 0.200. The highest BCUT2D eigenvalue weighted by Crippen LogP contribution is 2.24. The summed E-state index contributed by atoms with van der Waals surface area (Å²) < 4.78 is 5.18. The van der Waals surface area contributed by atoms with Crippen LogP contribution >= 0.6 is 0 Å². The molecule has 20 heavy (non-hydrogen) atoms. The number of hydrogen-bond donors (Lipinski definition) is 2. The molecule has 0 aliphatic carbocycles. The molecule has 104 valence electrons. The minimum absolute atomic E-state index is 0.556. The van der Waals surface area contributed by atoms with Crippen LogP contribution in [0.5, 0.6) is 5.75 Å². The Hall–Kier alpha value is -1.56. The fourth-order valence-electron chi connectivity index (χ4n) is 2.16.